The van der Waals surface area contributed by atoms with Gasteiger partial charge in [-0.25, -0.2) is 9.97 Å². The van der Waals surface area contributed by atoms with Crippen molar-refractivity contribution in [2.45, 2.75) is 0 Å². The van der Waals surface area contributed by atoms with Gasteiger partial charge in [0.2, 0.25) is 0 Å². The van der Waals surface area contributed by atoms with Crippen LogP contribution in [0.1, 0.15) is 0 Å². The molecule has 0 aliphatic heterocycles. The zero-order chi connectivity index (χ0) is 13.2. The molecule has 0 amide bonds. The van der Waals surface area contributed by atoms with Gasteiger partial charge in [0.1, 0.15) is 12.1 Å². The van der Waals surface area contributed by atoms with Gasteiger partial charge in [-0.1, -0.05) is 15.9 Å². The van der Waals surface area contributed by atoms with Gasteiger partial charge in [0, 0.05) is 20.5 Å². The van der Waals surface area contributed by atoms with Crippen molar-refractivity contribution in [2.75, 3.05) is 5.32 Å². The van der Waals surface area contributed by atoms with Crippen LogP contribution in [0.25, 0.3) is 10.9 Å². The van der Waals surface area contributed by atoms with E-state index in [2.05, 4.69) is 52.1 Å². The molecule has 0 unspecified atom stereocenters. The molecule has 1 N–H and O–H groups in total. The van der Waals surface area contributed by atoms with Crippen LogP contribution in [0.5, 0.6) is 0 Å². The smallest absolute Gasteiger partial charge is 0.141 e. The van der Waals surface area contributed by atoms with E-state index >= 15 is 0 Å². The van der Waals surface area contributed by atoms with Crippen molar-refractivity contribution in [1.29, 1.82) is 0 Å². The Morgan fingerprint density at radius 2 is 1.84 bits per heavy atom. The van der Waals surface area contributed by atoms with Crippen LogP contribution < -0.4 is 5.32 Å². The molecule has 3 rings (SSSR count). The van der Waals surface area contributed by atoms with E-state index in [9.17, 15) is 0 Å². The second-order valence-corrected chi connectivity index (χ2v) is 5.73. The van der Waals surface area contributed by atoms with Crippen molar-refractivity contribution in [1.82, 2.24) is 15.0 Å². The van der Waals surface area contributed by atoms with Crippen LogP contribution in [0, 0.1) is 0 Å². The van der Waals surface area contributed by atoms with E-state index < -0.39 is 0 Å². The number of nitrogens with one attached hydrogen (secondary N) is 1. The number of halogens is 2. The maximum atomic E-state index is 4.29. The minimum Gasteiger partial charge on any atom is -0.338 e. The normalized spacial score (nSPS) is 10.6. The van der Waals surface area contributed by atoms with E-state index in [-0.39, 0.29) is 0 Å². The Hall–Kier alpha value is -1.53. The van der Waals surface area contributed by atoms with E-state index in [1.807, 2.05) is 24.3 Å². The molecule has 4 nitrogen and oxygen atoms in total. The summed E-state index contributed by atoms with van der Waals surface area (Å²) >= 11 is 6.85. The molecule has 1 aromatic carbocycles. The number of hydrogen-bond acceptors (Lipinski definition) is 4. The third kappa shape index (κ3) is 2.74. The van der Waals surface area contributed by atoms with Gasteiger partial charge in [-0.15, -0.1) is 0 Å². The zero-order valence-electron chi connectivity index (χ0n) is 9.64. The highest BCUT2D eigenvalue weighted by atomic mass is 79.9. The Balaban J connectivity index is 2.07. The van der Waals surface area contributed by atoms with E-state index in [0.717, 1.165) is 31.4 Å². The molecule has 2 aromatic heterocycles. The third-order valence-electron chi connectivity index (χ3n) is 2.56. The van der Waals surface area contributed by atoms with Gasteiger partial charge in [-0.05, 0) is 40.2 Å². The molecule has 6 heteroatoms. The number of rotatable bonds is 2. The van der Waals surface area contributed by atoms with Crippen LogP contribution in [-0.2, 0) is 0 Å². The highest BCUT2D eigenvalue weighted by Crippen LogP contribution is 2.26. The van der Waals surface area contributed by atoms with Crippen LogP contribution in [0.15, 0.2) is 51.9 Å². The fraction of sp³-hybridized carbons (Fsp3) is 0. The molecule has 0 fully saturated rings. The predicted octanol–water partition coefficient (Wildman–Crippen LogP) is 4.29. The molecule has 3 aromatic rings. The Morgan fingerprint density at radius 3 is 2.68 bits per heavy atom. The molecule has 0 aliphatic carbocycles. The summed E-state index contributed by atoms with van der Waals surface area (Å²) < 4.78 is 1.90. The summed E-state index contributed by atoms with van der Waals surface area (Å²) in [5, 5.41) is 4.21. The molecular formula is C13H8Br2N4. The van der Waals surface area contributed by atoms with Crippen molar-refractivity contribution in [3.05, 3.63) is 51.9 Å². The lowest BCUT2D eigenvalue weighted by Crippen LogP contribution is -1.96. The summed E-state index contributed by atoms with van der Waals surface area (Å²) in [7, 11) is 0. The first-order valence-corrected chi connectivity index (χ1v) is 7.09. The summed E-state index contributed by atoms with van der Waals surface area (Å²) in [6.45, 7) is 0. The van der Waals surface area contributed by atoms with Crippen molar-refractivity contribution < 1.29 is 0 Å². The number of nitrogens with zero attached hydrogens (tertiary/aromatic N) is 3. The molecule has 0 spiro atoms. The maximum absolute atomic E-state index is 4.29. The number of benzene rings is 1. The zero-order valence-corrected chi connectivity index (χ0v) is 12.8. The first kappa shape index (κ1) is 12.5. The molecule has 0 saturated carbocycles. The lowest BCUT2D eigenvalue weighted by Gasteiger charge is -2.08. The maximum Gasteiger partial charge on any atom is 0.141 e. The lowest BCUT2D eigenvalue weighted by molar-refractivity contribution is 1.21. The van der Waals surface area contributed by atoms with Crippen LogP contribution in [0.4, 0.5) is 11.5 Å². The SMILES string of the molecule is Brc1cncc(Nc2ncnc3ccc(Br)cc23)c1. The largest absolute Gasteiger partial charge is 0.338 e. The topological polar surface area (TPSA) is 50.7 Å². The standard InChI is InChI=1S/C13H8Br2N4/c14-8-1-2-12-11(4-8)13(18-7-17-12)19-10-3-9(15)5-16-6-10/h1-7H,(H,17,18,19). The number of hydrogen-bond donors (Lipinski definition) is 1. The number of fused-ring (bicyclic) bond motifs is 1. The van der Waals surface area contributed by atoms with E-state index in [1.54, 1.807) is 18.7 Å². The minimum absolute atomic E-state index is 0.756. The fourth-order valence-corrected chi connectivity index (χ4v) is 2.47. The van der Waals surface area contributed by atoms with Crippen LogP contribution in [0.2, 0.25) is 0 Å². The molecule has 2 heterocycles. The molecule has 94 valence electrons. The number of aromatic nitrogens is 3. The Kier molecular flexibility index (Phi) is 3.44. The third-order valence-corrected chi connectivity index (χ3v) is 3.49. The Morgan fingerprint density at radius 1 is 0.947 bits per heavy atom. The second kappa shape index (κ2) is 5.22. The summed E-state index contributed by atoms with van der Waals surface area (Å²) in [5.74, 6) is 0.756. The van der Waals surface area contributed by atoms with Gasteiger partial charge in [0.25, 0.3) is 0 Å². The van der Waals surface area contributed by atoms with E-state index in [4.69, 9.17) is 0 Å². The number of pyridine rings is 1. The highest BCUT2D eigenvalue weighted by Gasteiger charge is 2.05. The van der Waals surface area contributed by atoms with Gasteiger partial charge in [-0.3, -0.25) is 4.98 Å². The van der Waals surface area contributed by atoms with Crippen molar-refractivity contribution in [3.63, 3.8) is 0 Å². The Labute approximate surface area is 126 Å². The molecular weight excluding hydrogens is 372 g/mol. The van der Waals surface area contributed by atoms with Crippen molar-refractivity contribution >= 4 is 54.3 Å². The summed E-state index contributed by atoms with van der Waals surface area (Å²) in [4.78, 5) is 12.6. The van der Waals surface area contributed by atoms with Gasteiger partial charge in [0.15, 0.2) is 0 Å². The van der Waals surface area contributed by atoms with Crippen molar-refractivity contribution in [3.8, 4) is 0 Å². The summed E-state index contributed by atoms with van der Waals surface area (Å²) in [5.41, 5.74) is 1.76. The van der Waals surface area contributed by atoms with E-state index in [1.165, 1.54) is 0 Å². The average molecular weight is 380 g/mol. The lowest BCUT2D eigenvalue weighted by atomic mass is 10.2. The highest BCUT2D eigenvalue weighted by molar-refractivity contribution is 9.10. The first-order valence-electron chi connectivity index (χ1n) is 5.50. The van der Waals surface area contributed by atoms with Crippen LogP contribution in [-0.4, -0.2) is 15.0 Å². The predicted molar refractivity (Wildman–Crippen MR) is 82.5 cm³/mol. The molecule has 0 atom stereocenters. The molecule has 19 heavy (non-hydrogen) atoms. The molecule has 0 saturated heterocycles. The summed E-state index contributed by atoms with van der Waals surface area (Å²) in [6, 6.07) is 7.84. The molecule has 0 aliphatic rings. The first-order chi connectivity index (χ1) is 9.22. The average Bonchev–Trinajstić information content (AvgIpc) is 2.39. The van der Waals surface area contributed by atoms with E-state index in [0.29, 0.717) is 0 Å². The summed E-state index contributed by atoms with van der Waals surface area (Å²) in [6.07, 6.45) is 5.03. The Bertz CT molecular complexity index is 746. The monoisotopic (exact) mass is 378 g/mol. The molecule has 0 bridgehead atoms. The fourth-order valence-electron chi connectivity index (χ4n) is 1.75. The van der Waals surface area contributed by atoms with Gasteiger partial charge in [0.05, 0.1) is 17.4 Å². The van der Waals surface area contributed by atoms with Crippen molar-refractivity contribution in [2.24, 2.45) is 0 Å². The second-order valence-electron chi connectivity index (χ2n) is 3.90. The number of anilines is 2. The van der Waals surface area contributed by atoms with Gasteiger partial charge >= 0.3 is 0 Å². The van der Waals surface area contributed by atoms with Crippen LogP contribution in [0.3, 0.4) is 0 Å². The van der Waals surface area contributed by atoms with Gasteiger partial charge in [-0.2, -0.15) is 0 Å². The van der Waals surface area contributed by atoms with Crippen LogP contribution >= 0.6 is 31.9 Å². The molecule has 0 radical (unpaired) electrons. The quantitative estimate of drug-likeness (QED) is 0.721. The minimum atomic E-state index is 0.756. The van der Waals surface area contributed by atoms with Gasteiger partial charge < -0.3 is 5.32 Å².